The number of nitro groups is 1. The second kappa shape index (κ2) is 5.13. The molecule has 1 rings (SSSR count). The van der Waals surface area contributed by atoms with Gasteiger partial charge in [-0.1, -0.05) is 15.9 Å². The number of likely N-dealkylation sites (N-methyl/N-ethyl adjacent to an activating group) is 1. The van der Waals surface area contributed by atoms with Crippen molar-refractivity contribution in [3.8, 4) is 0 Å². The molecule has 0 heterocycles. The number of hydrogen-bond acceptors (Lipinski definition) is 4. The molecule has 0 radical (unpaired) electrons. The third-order valence-electron chi connectivity index (χ3n) is 2.45. The number of anilines is 1. The van der Waals surface area contributed by atoms with Gasteiger partial charge in [-0.05, 0) is 19.1 Å². The number of aliphatic carboxylic acids is 1. The SMILES string of the molecule is CC(C(=O)O)N(C)c1ccc(Br)cc1[N+](=O)[O-]. The predicted octanol–water partition coefficient (Wildman–Crippen LogP) is 2.27. The first-order valence-electron chi connectivity index (χ1n) is 4.74. The van der Waals surface area contributed by atoms with Crippen LogP contribution in [-0.2, 0) is 4.79 Å². The van der Waals surface area contributed by atoms with Crippen LogP contribution in [0.15, 0.2) is 22.7 Å². The fraction of sp³-hybridized carbons (Fsp3) is 0.300. The van der Waals surface area contributed by atoms with Gasteiger partial charge in [-0.2, -0.15) is 0 Å². The van der Waals surface area contributed by atoms with Gasteiger partial charge in [-0.3, -0.25) is 10.1 Å². The van der Waals surface area contributed by atoms with Gasteiger partial charge in [-0.15, -0.1) is 0 Å². The Balaban J connectivity index is 3.21. The highest BCUT2D eigenvalue weighted by molar-refractivity contribution is 9.10. The van der Waals surface area contributed by atoms with Crippen LogP contribution in [0, 0.1) is 10.1 Å². The average Bonchev–Trinajstić information content (AvgIpc) is 2.26. The van der Waals surface area contributed by atoms with Crippen LogP contribution in [0.25, 0.3) is 0 Å². The molecule has 1 atom stereocenters. The van der Waals surface area contributed by atoms with Gasteiger partial charge >= 0.3 is 5.97 Å². The summed E-state index contributed by atoms with van der Waals surface area (Å²) in [5, 5.41) is 19.8. The van der Waals surface area contributed by atoms with Crippen molar-refractivity contribution >= 4 is 33.3 Å². The smallest absolute Gasteiger partial charge is 0.326 e. The summed E-state index contributed by atoms with van der Waals surface area (Å²) in [5.74, 6) is -1.04. The quantitative estimate of drug-likeness (QED) is 0.681. The molecule has 0 saturated heterocycles. The van der Waals surface area contributed by atoms with Crippen LogP contribution in [0.1, 0.15) is 6.92 Å². The van der Waals surface area contributed by atoms with E-state index in [-0.39, 0.29) is 11.4 Å². The van der Waals surface area contributed by atoms with Crippen molar-refractivity contribution < 1.29 is 14.8 Å². The first kappa shape index (κ1) is 13.4. The summed E-state index contributed by atoms with van der Waals surface area (Å²) in [6.45, 7) is 1.47. The number of rotatable bonds is 4. The van der Waals surface area contributed by atoms with Crippen molar-refractivity contribution in [1.82, 2.24) is 0 Å². The third-order valence-corrected chi connectivity index (χ3v) is 2.95. The lowest BCUT2D eigenvalue weighted by atomic mass is 10.2. The summed E-state index contributed by atoms with van der Waals surface area (Å²) in [6.07, 6.45) is 0. The van der Waals surface area contributed by atoms with Gasteiger partial charge in [0.25, 0.3) is 5.69 Å². The fourth-order valence-electron chi connectivity index (χ4n) is 1.32. The molecule has 0 amide bonds. The maximum atomic E-state index is 10.9. The number of nitro benzene ring substituents is 1. The molecule has 1 aromatic carbocycles. The van der Waals surface area contributed by atoms with E-state index in [1.165, 1.54) is 31.0 Å². The molecule has 0 fully saturated rings. The average molecular weight is 303 g/mol. The van der Waals surface area contributed by atoms with Gasteiger partial charge in [-0.25, -0.2) is 4.79 Å². The molecule has 92 valence electrons. The monoisotopic (exact) mass is 302 g/mol. The van der Waals surface area contributed by atoms with Crippen LogP contribution >= 0.6 is 15.9 Å². The number of halogens is 1. The van der Waals surface area contributed by atoms with Crippen LogP contribution in [0.2, 0.25) is 0 Å². The molecule has 0 aliphatic rings. The van der Waals surface area contributed by atoms with Gasteiger partial charge in [0.05, 0.1) is 4.92 Å². The van der Waals surface area contributed by atoms with E-state index in [4.69, 9.17) is 5.11 Å². The minimum Gasteiger partial charge on any atom is -0.480 e. The van der Waals surface area contributed by atoms with E-state index in [1.54, 1.807) is 6.07 Å². The second-order valence-electron chi connectivity index (χ2n) is 3.52. The Labute approximate surface area is 106 Å². The summed E-state index contributed by atoms with van der Waals surface area (Å²) in [4.78, 5) is 22.5. The van der Waals surface area contributed by atoms with E-state index in [9.17, 15) is 14.9 Å². The summed E-state index contributed by atoms with van der Waals surface area (Å²) >= 11 is 3.14. The van der Waals surface area contributed by atoms with E-state index in [2.05, 4.69) is 15.9 Å². The summed E-state index contributed by atoms with van der Waals surface area (Å²) in [7, 11) is 1.51. The number of nitrogens with zero attached hydrogens (tertiary/aromatic N) is 2. The van der Waals surface area contributed by atoms with Crippen molar-refractivity contribution in [1.29, 1.82) is 0 Å². The fourth-order valence-corrected chi connectivity index (χ4v) is 1.66. The third kappa shape index (κ3) is 2.94. The van der Waals surface area contributed by atoms with Gasteiger partial charge < -0.3 is 10.0 Å². The number of hydrogen-bond donors (Lipinski definition) is 1. The molecule has 1 aromatic rings. The highest BCUT2D eigenvalue weighted by atomic mass is 79.9. The Morgan fingerprint density at radius 3 is 2.65 bits per heavy atom. The van der Waals surface area contributed by atoms with Gasteiger partial charge in [0, 0.05) is 17.6 Å². The molecule has 0 aromatic heterocycles. The zero-order valence-corrected chi connectivity index (χ0v) is 10.8. The standard InChI is InChI=1S/C10H11BrN2O4/c1-6(10(14)15)12(2)8-4-3-7(11)5-9(8)13(16)17/h3-6H,1-2H3,(H,14,15). The van der Waals surface area contributed by atoms with Crippen molar-refractivity contribution in [2.24, 2.45) is 0 Å². The Bertz CT molecular complexity index is 464. The molecule has 0 spiro atoms. The molecule has 1 N–H and O–H groups in total. The van der Waals surface area contributed by atoms with E-state index in [0.717, 1.165) is 0 Å². The molecular weight excluding hydrogens is 292 g/mol. The Morgan fingerprint density at radius 2 is 2.18 bits per heavy atom. The number of benzene rings is 1. The zero-order chi connectivity index (χ0) is 13.2. The molecule has 0 aliphatic carbocycles. The molecular formula is C10H11BrN2O4. The molecule has 0 saturated carbocycles. The molecule has 1 unspecified atom stereocenters. The first-order valence-corrected chi connectivity index (χ1v) is 5.53. The van der Waals surface area contributed by atoms with Crippen LogP contribution in [0.5, 0.6) is 0 Å². The van der Waals surface area contributed by atoms with E-state index < -0.39 is 16.9 Å². The van der Waals surface area contributed by atoms with Crippen LogP contribution in [0.4, 0.5) is 11.4 Å². The summed E-state index contributed by atoms with van der Waals surface area (Å²) < 4.78 is 0.573. The maximum absolute atomic E-state index is 10.9. The van der Waals surface area contributed by atoms with E-state index in [0.29, 0.717) is 4.47 Å². The highest BCUT2D eigenvalue weighted by Crippen LogP contribution is 2.31. The lowest BCUT2D eigenvalue weighted by Crippen LogP contribution is -2.36. The first-order chi connectivity index (χ1) is 7.84. The van der Waals surface area contributed by atoms with Crippen molar-refractivity contribution in [2.45, 2.75) is 13.0 Å². The largest absolute Gasteiger partial charge is 0.480 e. The van der Waals surface area contributed by atoms with Crippen molar-refractivity contribution in [3.05, 3.63) is 32.8 Å². The zero-order valence-electron chi connectivity index (χ0n) is 9.25. The molecule has 17 heavy (non-hydrogen) atoms. The van der Waals surface area contributed by atoms with Gasteiger partial charge in [0.2, 0.25) is 0 Å². The van der Waals surface area contributed by atoms with Crippen LogP contribution < -0.4 is 4.90 Å². The summed E-state index contributed by atoms with van der Waals surface area (Å²) in [6, 6.07) is 3.66. The molecule has 6 nitrogen and oxygen atoms in total. The molecule has 7 heteroatoms. The Morgan fingerprint density at radius 1 is 1.59 bits per heavy atom. The number of carbonyl (C=O) groups is 1. The minimum absolute atomic E-state index is 0.130. The number of carboxylic acid groups (broad SMARTS) is 1. The maximum Gasteiger partial charge on any atom is 0.326 e. The van der Waals surface area contributed by atoms with Crippen molar-refractivity contribution in [3.63, 3.8) is 0 Å². The van der Waals surface area contributed by atoms with E-state index in [1.807, 2.05) is 0 Å². The lowest BCUT2D eigenvalue weighted by Gasteiger charge is -2.23. The van der Waals surface area contributed by atoms with Crippen LogP contribution in [-0.4, -0.2) is 29.1 Å². The Kier molecular flexibility index (Phi) is 4.06. The van der Waals surface area contributed by atoms with Gasteiger partial charge in [0.15, 0.2) is 0 Å². The number of carboxylic acids is 1. The molecule has 0 aliphatic heterocycles. The van der Waals surface area contributed by atoms with Crippen LogP contribution in [0.3, 0.4) is 0 Å². The van der Waals surface area contributed by atoms with Crippen molar-refractivity contribution in [2.75, 3.05) is 11.9 Å². The second-order valence-corrected chi connectivity index (χ2v) is 4.43. The highest BCUT2D eigenvalue weighted by Gasteiger charge is 2.24. The lowest BCUT2D eigenvalue weighted by molar-refractivity contribution is -0.384. The topological polar surface area (TPSA) is 83.7 Å². The normalized spacial score (nSPS) is 11.9. The van der Waals surface area contributed by atoms with E-state index >= 15 is 0 Å². The van der Waals surface area contributed by atoms with Gasteiger partial charge in [0.1, 0.15) is 11.7 Å². The molecule has 0 bridgehead atoms. The minimum atomic E-state index is -1.04. The summed E-state index contributed by atoms with van der Waals surface area (Å²) in [5.41, 5.74) is 0.142. The Hall–Kier alpha value is -1.63. The predicted molar refractivity (Wildman–Crippen MR) is 66.3 cm³/mol.